The van der Waals surface area contributed by atoms with Crippen LogP contribution in [0.1, 0.15) is 18.4 Å². The van der Waals surface area contributed by atoms with Crippen LogP contribution in [-0.4, -0.2) is 9.97 Å². The van der Waals surface area contributed by atoms with Crippen molar-refractivity contribution >= 4 is 0 Å². The predicted octanol–water partition coefficient (Wildman–Crippen LogP) is 1.21. The van der Waals surface area contributed by atoms with Crippen molar-refractivity contribution in [2.75, 3.05) is 0 Å². The van der Waals surface area contributed by atoms with E-state index in [9.17, 15) is 0 Å². The van der Waals surface area contributed by atoms with E-state index in [1.807, 2.05) is 6.92 Å². The zero-order chi connectivity index (χ0) is 7.40. The predicted molar refractivity (Wildman–Crippen MR) is 39.3 cm³/mol. The molecule has 1 atom stereocenters. The highest BCUT2D eigenvalue weighted by atomic mass is 14.8. The second-order valence-electron chi connectivity index (χ2n) is 2.06. The summed E-state index contributed by atoms with van der Waals surface area (Å²) >= 11 is 0. The smallest absolute Gasteiger partial charge is 0.115 e. The van der Waals surface area contributed by atoms with Crippen molar-refractivity contribution in [2.24, 2.45) is 0 Å². The van der Waals surface area contributed by atoms with Gasteiger partial charge in [-0.1, -0.05) is 5.92 Å². The minimum absolute atomic E-state index is 0.112. The molecule has 0 fully saturated rings. The lowest BCUT2D eigenvalue weighted by molar-refractivity contribution is 0.960. The highest BCUT2D eigenvalue weighted by Gasteiger charge is 1.98. The summed E-state index contributed by atoms with van der Waals surface area (Å²) in [6.45, 7) is 1.94. The Hall–Kier alpha value is -1.36. The summed E-state index contributed by atoms with van der Waals surface area (Å²) in [5.74, 6) is 2.71. The monoisotopic (exact) mass is 132 g/mol. The Morgan fingerprint density at radius 3 is 2.60 bits per heavy atom. The molecule has 0 radical (unpaired) electrons. The van der Waals surface area contributed by atoms with Crippen LogP contribution in [0.5, 0.6) is 0 Å². The molecule has 0 spiro atoms. The molecule has 1 aromatic rings. The van der Waals surface area contributed by atoms with E-state index in [2.05, 4.69) is 15.9 Å². The van der Waals surface area contributed by atoms with Crippen LogP contribution in [0.15, 0.2) is 18.7 Å². The Labute approximate surface area is 60.3 Å². The number of hydrogen-bond donors (Lipinski definition) is 0. The quantitative estimate of drug-likeness (QED) is 0.537. The first-order valence-corrected chi connectivity index (χ1v) is 3.05. The van der Waals surface area contributed by atoms with Crippen molar-refractivity contribution in [1.82, 2.24) is 9.97 Å². The fourth-order valence-corrected chi connectivity index (χ4v) is 0.630. The van der Waals surface area contributed by atoms with Crippen molar-refractivity contribution in [3.8, 4) is 12.3 Å². The molecule has 10 heavy (non-hydrogen) atoms. The van der Waals surface area contributed by atoms with Crippen molar-refractivity contribution in [2.45, 2.75) is 12.8 Å². The summed E-state index contributed by atoms with van der Waals surface area (Å²) in [7, 11) is 0. The molecule has 50 valence electrons. The molecule has 2 heteroatoms. The molecule has 0 saturated carbocycles. The fourth-order valence-electron chi connectivity index (χ4n) is 0.630. The molecule has 0 N–H and O–H groups in total. The van der Waals surface area contributed by atoms with Gasteiger partial charge in [0, 0.05) is 23.9 Å². The highest BCUT2D eigenvalue weighted by molar-refractivity contribution is 5.18. The molecule has 1 aromatic heterocycles. The summed E-state index contributed by atoms with van der Waals surface area (Å²) < 4.78 is 0. The first kappa shape index (κ1) is 6.76. The van der Waals surface area contributed by atoms with Crippen LogP contribution < -0.4 is 0 Å². The maximum absolute atomic E-state index is 5.20. The minimum atomic E-state index is 0.112. The molecule has 0 aromatic carbocycles. The zero-order valence-electron chi connectivity index (χ0n) is 5.78. The largest absolute Gasteiger partial charge is 0.244 e. The molecule has 2 nitrogen and oxygen atoms in total. The average Bonchev–Trinajstić information content (AvgIpc) is 2.05. The van der Waals surface area contributed by atoms with Gasteiger partial charge in [-0.05, 0) is 6.92 Å². The molecular formula is C8H8N2. The van der Waals surface area contributed by atoms with Crippen LogP contribution >= 0.6 is 0 Å². The van der Waals surface area contributed by atoms with Gasteiger partial charge in [0.2, 0.25) is 0 Å². The number of hydrogen-bond acceptors (Lipinski definition) is 2. The summed E-state index contributed by atoms with van der Waals surface area (Å²) in [5, 5.41) is 0. The van der Waals surface area contributed by atoms with Crippen LogP contribution in [-0.2, 0) is 0 Å². The number of rotatable bonds is 1. The maximum atomic E-state index is 5.20. The average molecular weight is 132 g/mol. The Bertz CT molecular complexity index is 235. The molecule has 1 unspecified atom stereocenters. The molecule has 0 aliphatic carbocycles. The topological polar surface area (TPSA) is 25.8 Å². The third kappa shape index (κ3) is 1.32. The van der Waals surface area contributed by atoms with E-state index in [-0.39, 0.29) is 5.92 Å². The van der Waals surface area contributed by atoms with Crippen molar-refractivity contribution < 1.29 is 0 Å². The Balaban J connectivity index is 2.88. The molecule has 1 heterocycles. The fraction of sp³-hybridized carbons (Fsp3) is 0.250. The van der Waals surface area contributed by atoms with Gasteiger partial charge in [0.1, 0.15) is 6.33 Å². The van der Waals surface area contributed by atoms with Gasteiger partial charge < -0.3 is 0 Å². The molecule has 0 amide bonds. The maximum Gasteiger partial charge on any atom is 0.115 e. The second-order valence-corrected chi connectivity index (χ2v) is 2.06. The molecule has 0 saturated heterocycles. The number of terminal acetylenes is 1. The molecule has 0 bridgehead atoms. The van der Waals surface area contributed by atoms with Crippen LogP contribution in [0.4, 0.5) is 0 Å². The summed E-state index contributed by atoms with van der Waals surface area (Å²) in [6.07, 6.45) is 10.2. The van der Waals surface area contributed by atoms with Gasteiger partial charge in [-0.15, -0.1) is 6.42 Å². The molecule has 0 aliphatic heterocycles. The van der Waals surface area contributed by atoms with E-state index in [0.29, 0.717) is 0 Å². The van der Waals surface area contributed by atoms with E-state index >= 15 is 0 Å². The number of aromatic nitrogens is 2. The van der Waals surface area contributed by atoms with Crippen molar-refractivity contribution in [1.29, 1.82) is 0 Å². The Morgan fingerprint density at radius 1 is 1.50 bits per heavy atom. The lowest BCUT2D eigenvalue weighted by Crippen LogP contribution is -1.90. The van der Waals surface area contributed by atoms with Gasteiger partial charge in [0.15, 0.2) is 0 Å². The van der Waals surface area contributed by atoms with E-state index in [1.54, 1.807) is 12.4 Å². The standard InChI is InChI=1S/C8H8N2/c1-3-7(2)8-4-9-6-10-5-8/h1,4-7H,2H3. The second kappa shape index (κ2) is 2.98. The van der Waals surface area contributed by atoms with Crippen LogP contribution in [0, 0.1) is 12.3 Å². The summed E-state index contributed by atoms with van der Waals surface area (Å²) in [4.78, 5) is 7.69. The first-order chi connectivity index (χ1) is 4.84. The molecule has 1 rings (SSSR count). The summed E-state index contributed by atoms with van der Waals surface area (Å²) in [5.41, 5.74) is 0.991. The third-order valence-corrected chi connectivity index (χ3v) is 1.33. The van der Waals surface area contributed by atoms with Crippen LogP contribution in [0.25, 0.3) is 0 Å². The Morgan fingerprint density at radius 2 is 2.10 bits per heavy atom. The lowest BCUT2D eigenvalue weighted by Gasteiger charge is -1.99. The van der Waals surface area contributed by atoms with Crippen molar-refractivity contribution in [3.05, 3.63) is 24.3 Å². The summed E-state index contributed by atoms with van der Waals surface area (Å²) in [6, 6.07) is 0. The van der Waals surface area contributed by atoms with E-state index < -0.39 is 0 Å². The van der Waals surface area contributed by atoms with E-state index in [1.165, 1.54) is 6.33 Å². The van der Waals surface area contributed by atoms with Gasteiger partial charge in [-0.2, -0.15) is 0 Å². The molecular weight excluding hydrogens is 124 g/mol. The highest BCUT2D eigenvalue weighted by Crippen LogP contribution is 2.09. The van der Waals surface area contributed by atoms with Gasteiger partial charge in [0.25, 0.3) is 0 Å². The Kier molecular flexibility index (Phi) is 2.01. The normalized spacial score (nSPS) is 12.0. The van der Waals surface area contributed by atoms with Gasteiger partial charge in [-0.3, -0.25) is 0 Å². The first-order valence-electron chi connectivity index (χ1n) is 3.05. The minimum Gasteiger partial charge on any atom is -0.244 e. The van der Waals surface area contributed by atoms with E-state index in [0.717, 1.165) is 5.56 Å². The third-order valence-electron chi connectivity index (χ3n) is 1.33. The van der Waals surface area contributed by atoms with Gasteiger partial charge in [0.05, 0.1) is 0 Å². The van der Waals surface area contributed by atoms with Gasteiger partial charge in [-0.25, -0.2) is 9.97 Å². The van der Waals surface area contributed by atoms with Gasteiger partial charge >= 0.3 is 0 Å². The van der Waals surface area contributed by atoms with Crippen molar-refractivity contribution in [3.63, 3.8) is 0 Å². The number of nitrogens with zero attached hydrogens (tertiary/aromatic N) is 2. The van der Waals surface area contributed by atoms with Crippen LogP contribution in [0.2, 0.25) is 0 Å². The van der Waals surface area contributed by atoms with E-state index in [4.69, 9.17) is 6.42 Å². The SMILES string of the molecule is C#CC(C)c1cncnc1. The zero-order valence-corrected chi connectivity index (χ0v) is 5.78. The lowest BCUT2D eigenvalue weighted by atomic mass is 10.1. The molecule has 0 aliphatic rings. The van der Waals surface area contributed by atoms with Crippen LogP contribution in [0.3, 0.4) is 0 Å².